The van der Waals surface area contributed by atoms with Crippen LogP contribution < -0.4 is 0 Å². The lowest BCUT2D eigenvalue weighted by molar-refractivity contribution is 0.0479. The van der Waals surface area contributed by atoms with E-state index < -0.39 is 11.9 Å². The van der Waals surface area contributed by atoms with Gasteiger partial charge in [0.05, 0.1) is 24.3 Å². The van der Waals surface area contributed by atoms with E-state index in [1.165, 1.54) is 0 Å². The normalized spacial score (nSPS) is 8.42. The third kappa shape index (κ3) is 6.32. The van der Waals surface area contributed by atoms with Gasteiger partial charge in [0.1, 0.15) is 0 Å². The molecule has 0 radical (unpaired) electrons. The summed E-state index contributed by atoms with van der Waals surface area (Å²) in [6.07, 6.45) is 0. The molecule has 0 bridgehead atoms. The molecule has 1 aromatic carbocycles. The van der Waals surface area contributed by atoms with E-state index >= 15 is 0 Å². The molecule has 108 valence electrons. The molecule has 1 aromatic rings. The van der Waals surface area contributed by atoms with Crippen molar-refractivity contribution in [1.82, 2.24) is 0 Å². The number of carbonyl (C=O) groups is 2. The topological polar surface area (TPSA) is 84.1 Å². The number of ether oxygens (including phenoxy) is 2. The summed E-state index contributed by atoms with van der Waals surface area (Å²) in [5.74, 6) is -1.02. The van der Waals surface area contributed by atoms with Crippen LogP contribution in [0.5, 0.6) is 0 Å². The van der Waals surface area contributed by atoms with Crippen molar-refractivity contribution in [3.05, 3.63) is 35.4 Å². The van der Waals surface area contributed by atoms with Gasteiger partial charge in [0.2, 0.25) is 0 Å². The fourth-order valence-corrected chi connectivity index (χ4v) is 1.26. The molecule has 0 saturated carbocycles. The maximum atomic E-state index is 11.5. The Balaban J connectivity index is 0. The minimum absolute atomic E-state index is 0. The molecule has 1 unspecified atom stereocenters. The van der Waals surface area contributed by atoms with Crippen molar-refractivity contribution in [2.75, 3.05) is 19.9 Å². The van der Waals surface area contributed by atoms with Crippen molar-refractivity contribution < 1.29 is 24.5 Å². The monoisotopic (exact) mass is 288 g/mol. The molecule has 19 heavy (non-hydrogen) atoms. The summed E-state index contributed by atoms with van der Waals surface area (Å²) in [6.45, 7) is 5.89. The van der Waals surface area contributed by atoms with E-state index in [0.29, 0.717) is 0 Å². The minimum atomic E-state index is -0.508. The van der Waals surface area contributed by atoms with Crippen molar-refractivity contribution in [2.45, 2.75) is 13.8 Å². The number of rotatable bonds is 4. The SMILES string of the molecule is CCOC(=O)c1ccccc1C(=O)OCC.CP.O. The Labute approximate surface area is 115 Å². The minimum Gasteiger partial charge on any atom is -0.462 e. The van der Waals surface area contributed by atoms with Crippen LogP contribution in [0.3, 0.4) is 0 Å². The first kappa shape index (κ1) is 19.9. The van der Waals surface area contributed by atoms with Crippen molar-refractivity contribution in [3.63, 3.8) is 0 Å². The molecule has 0 aromatic heterocycles. The van der Waals surface area contributed by atoms with E-state index in [4.69, 9.17) is 9.47 Å². The molecule has 0 heterocycles. The van der Waals surface area contributed by atoms with Crippen LogP contribution in [0.25, 0.3) is 0 Å². The van der Waals surface area contributed by atoms with Gasteiger partial charge < -0.3 is 14.9 Å². The van der Waals surface area contributed by atoms with Crippen LogP contribution in [0.1, 0.15) is 34.6 Å². The smallest absolute Gasteiger partial charge is 0.338 e. The first-order valence-electron chi connectivity index (χ1n) is 5.71. The zero-order valence-corrected chi connectivity index (χ0v) is 12.6. The van der Waals surface area contributed by atoms with E-state index in [1.807, 2.05) is 6.66 Å². The first-order valence-corrected chi connectivity index (χ1v) is 6.87. The van der Waals surface area contributed by atoms with E-state index in [1.54, 1.807) is 38.1 Å². The zero-order valence-electron chi connectivity index (χ0n) is 11.4. The quantitative estimate of drug-likeness (QED) is 0.623. The van der Waals surface area contributed by atoms with Crippen LogP contribution in [-0.2, 0) is 9.47 Å². The number of benzene rings is 1. The van der Waals surface area contributed by atoms with Crippen LogP contribution in [-0.4, -0.2) is 37.3 Å². The number of hydrogen-bond acceptors (Lipinski definition) is 4. The first-order chi connectivity index (χ1) is 8.70. The number of esters is 2. The van der Waals surface area contributed by atoms with Crippen molar-refractivity contribution >= 4 is 21.2 Å². The number of hydrogen-bond donors (Lipinski definition) is 0. The Morgan fingerprint density at radius 1 is 0.947 bits per heavy atom. The van der Waals surface area contributed by atoms with Gasteiger partial charge in [0.25, 0.3) is 0 Å². The molecule has 0 aliphatic heterocycles. The molecule has 0 saturated heterocycles. The van der Waals surface area contributed by atoms with Crippen LogP contribution in [0, 0.1) is 0 Å². The van der Waals surface area contributed by atoms with E-state index in [-0.39, 0.29) is 29.8 Å². The molecule has 0 aliphatic rings. The highest BCUT2D eigenvalue weighted by Crippen LogP contribution is 2.11. The maximum absolute atomic E-state index is 11.5. The van der Waals surface area contributed by atoms with Gasteiger partial charge in [-0.2, -0.15) is 0 Å². The second-order valence-corrected chi connectivity index (χ2v) is 2.99. The summed E-state index contributed by atoms with van der Waals surface area (Å²) in [4.78, 5) is 23.1. The van der Waals surface area contributed by atoms with Gasteiger partial charge >= 0.3 is 11.9 Å². The average molecular weight is 288 g/mol. The molecule has 0 amide bonds. The molecule has 1 atom stereocenters. The summed E-state index contributed by atoms with van der Waals surface area (Å²) in [5, 5.41) is 0. The fourth-order valence-electron chi connectivity index (χ4n) is 1.26. The predicted octanol–water partition coefficient (Wildman–Crippen LogP) is 1.71. The largest absolute Gasteiger partial charge is 0.462 e. The second kappa shape index (κ2) is 11.6. The Hall–Kier alpha value is -1.45. The van der Waals surface area contributed by atoms with Gasteiger partial charge in [-0.15, -0.1) is 9.24 Å². The van der Waals surface area contributed by atoms with Crippen molar-refractivity contribution in [1.29, 1.82) is 0 Å². The van der Waals surface area contributed by atoms with Crippen molar-refractivity contribution in [2.24, 2.45) is 0 Å². The predicted molar refractivity (Wildman–Crippen MR) is 77.6 cm³/mol. The molecule has 5 nitrogen and oxygen atoms in total. The lowest BCUT2D eigenvalue weighted by Crippen LogP contribution is -2.13. The molecule has 0 fully saturated rings. The second-order valence-electron chi connectivity index (χ2n) is 2.99. The molecular formula is C13H21O5P. The molecule has 6 heteroatoms. The van der Waals surface area contributed by atoms with Crippen LogP contribution in [0.2, 0.25) is 0 Å². The van der Waals surface area contributed by atoms with Gasteiger partial charge in [-0.05, 0) is 26.0 Å². The van der Waals surface area contributed by atoms with Gasteiger partial charge in [0.15, 0.2) is 0 Å². The summed E-state index contributed by atoms with van der Waals surface area (Å²) < 4.78 is 9.70. The third-order valence-electron chi connectivity index (χ3n) is 1.92. The highest BCUT2D eigenvalue weighted by atomic mass is 31.0. The van der Waals surface area contributed by atoms with Gasteiger partial charge in [0, 0.05) is 0 Å². The molecule has 2 N–H and O–H groups in total. The Kier molecular flexibility index (Phi) is 12.2. The summed E-state index contributed by atoms with van der Waals surface area (Å²) in [6, 6.07) is 6.44. The fraction of sp³-hybridized carbons (Fsp3) is 0.385. The third-order valence-corrected chi connectivity index (χ3v) is 1.92. The number of carbonyl (C=O) groups excluding carboxylic acids is 2. The van der Waals surface area contributed by atoms with Gasteiger partial charge in [-0.25, -0.2) is 9.59 Å². The lowest BCUT2D eigenvalue weighted by atomic mass is 10.1. The zero-order chi connectivity index (χ0) is 14.0. The molecular weight excluding hydrogens is 267 g/mol. The summed E-state index contributed by atoms with van der Waals surface area (Å²) in [7, 11) is 2.42. The Bertz CT molecular complexity index is 355. The Morgan fingerprint density at radius 2 is 1.26 bits per heavy atom. The molecule has 1 rings (SSSR count). The average Bonchev–Trinajstić information content (AvgIpc) is 2.41. The van der Waals surface area contributed by atoms with Crippen LogP contribution >= 0.6 is 9.24 Å². The molecule has 0 aliphatic carbocycles. The Morgan fingerprint density at radius 3 is 1.53 bits per heavy atom. The van der Waals surface area contributed by atoms with E-state index in [2.05, 4.69) is 9.24 Å². The van der Waals surface area contributed by atoms with Crippen LogP contribution in [0.4, 0.5) is 0 Å². The highest BCUT2D eigenvalue weighted by molar-refractivity contribution is 7.15. The highest BCUT2D eigenvalue weighted by Gasteiger charge is 2.17. The van der Waals surface area contributed by atoms with Gasteiger partial charge in [-0.3, -0.25) is 0 Å². The summed E-state index contributed by atoms with van der Waals surface area (Å²) in [5.41, 5.74) is 0.477. The van der Waals surface area contributed by atoms with E-state index in [0.717, 1.165) is 0 Å². The maximum Gasteiger partial charge on any atom is 0.338 e. The standard InChI is InChI=1S/C12H14O4.CH5P.H2O/c1-3-15-11(13)9-7-5-6-8-10(9)12(14)16-4-2;1-2;/h5-8H,3-4H2,1-2H3;2H2,1H3;1H2. The van der Waals surface area contributed by atoms with Gasteiger partial charge in [-0.1, -0.05) is 18.8 Å². The van der Waals surface area contributed by atoms with Crippen molar-refractivity contribution in [3.8, 4) is 0 Å². The molecule has 0 spiro atoms. The van der Waals surface area contributed by atoms with E-state index in [9.17, 15) is 9.59 Å². The lowest BCUT2D eigenvalue weighted by Gasteiger charge is -2.07. The van der Waals surface area contributed by atoms with Crippen LogP contribution in [0.15, 0.2) is 24.3 Å². The summed E-state index contributed by atoms with van der Waals surface area (Å²) >= 11 is 0.